The average molecular weight is 107 g/mol. The first kappa shape index (κ1) is 6.59. The van der Waals surface area contributed by atoms with Gasteiger partial charge in [0.25, 0.3) is 0 Å². The molecule has 0 N–H and O–H groups in total. The van der Waals surface area contributed by atoms with Crippen LogP contribution in [0.2, 0.25) is 0 Å². The molecule has 0 unspecified atom stereocenters. The topological polar surface area (TPSA) is 33.0 Å². The summed E-state index contributed by atoms with van der Waals surface area (Å²) in [5, 5.41) is 7.90. The van der Waals surface area contributed by atoms with Crippen LogP contribution in [0.3, 0.4) is 0 Å². The van der Waals surface area contributed by atoms with Gasteiger partial charge in [0.2, 0.25) is 0 Å². The molecule has 0 aliphatic carbocycles. The Balaban J connectivity index is 3.10. The van der Waals surface area contributed by atoms with Gasteiger partial charge in [0.1, 0.15) is 6.61 Å². The summed E-state index contributed by atoms with van der Waals surface area (Å²) in [7, 11) is 0. The van der Waals surface area contributed by atoms with Gasteiger partial charge in [-0.3, -0.25) is 0 Å². The molecule has 0 fully saturated rings. The van der Waals surface area contributed by atoms with Crippen LogP contribution in [0, 0.1) is 23.7 Å². The third kappa shape index (κ3) is 4.59. The van der Waals surface area contributed by atoms with Crippen molar-refractivity contribution in [2.24, 2.45) is 0 Å². The van der Waals surface area contributed by atoms with Crippen molar-refractivity contribution in [1.29, 1.82) is 5.26 Å². The normalized spacial score (nSPS) is 7.75. The van der Waals surface area contributed by atoms with Crippen LogP contribution in [-0.4, -0.2) is 6.61 Å². The van der Waals surface area contributed by atoms with E-state index in [4.69, 9.17) is 11.7 Å². The first-order valence-electron chi connectivity index (χ1n) is 2.01. The molecular formula is C6H5NO. The predicted octanol–water partition coefficient (Wildman–Crippen LogP) is 0.673. The fourth-order valence-electron chi connectivity index (χ4n) is 0.175. The Kier molecular flexibility index (Phi) is 4.60. The SMILES string of the molecule is C#CCO/C=C/C#N. The van der Waals surface area contributed by atoms with E-state index in [1.165, 1.54) is 12.3 Å². The third-order valence-electron chi connectivity index (χ3n) is 0.405. The summed E-state index contributed by atoms with van der Waals surface area (Å²) < 4.78 is 4.58. The molecule has 0 saturated carbocycles. The Labute approximate surface area is 48.4 Å². The van der Waals surface area contributed by atoms with Gasteiger partial charge in [-0.1, -0.05) is 5.92 Å². The van der Waals surface area contributed by atoms with E-state index in [2.05, 4.69) is 10.7 Å². The lowest BCUT2D eigenvalue weighted by atomic mass is 10.7. The quantitative estimate of drug-likeness (QED) is 0.225. The Bertz CT molecular complexity index is 147. The number of rotatable bonds is 2. The van der Waals surface area contributed by atoms with Crippen molar-refractivity contribution in [1.82, 2.24) is 0 Å². The van der Waals surface area contributed by atoms with Gasteiger partial charge in [-0.25, -0.2) is 0 Å². The number of nitrogens with zero attached hydrogens (tertiary/aromatic N) is 1. The summed E-state index contributed by atoms with van der Waals surface area (Å²) in [6, 6.07) is 1.75. The highest BCUT2D eigenvalue weighted by atomic mass is 16.5. The summed E-state index contributed by atoms with van der Waals surface area (Å²) in [4.78, 5) is 0. The van der Waals surface area contributed by atoms with Crippen molar-refractivity contribution in [3.63, 3.8) is 0 Å². The first-order chi connectivity index (χ1) is 3.91. The van der Waals surface area contributed by atoms with Crippen LogP contribution in [0.1, 0.15) is 0 Å². The van der Waals surface area contributed by atoms with Crippen LogP contribution in [0.15, 0.2) is 12.3 Å². The highest BCUT2D eigenvalue weighted by Crippen LogP contribution is 1.72. The summed E-state index contributed by atoms with van der Waals surface area (Å²) in [6.07, 6.45) is 7.30. The van der Waals surface area contributed by atoms with E-state index in [-0.39, 0.29) is 6.61 Å². The van der Waals surface area contributed by atoms with Gasteiger partial charge < -0.3 is 4.74 Å². The van der Waals surface area contributed by atoms with Crippen molar-refractivity contribution >= 4 is 0 Å². The number of terminal acetylenes is 1. The standard InChI is InChI=1S/C6H5NO/c1-2-5-8-6-3-4-7/h1,3,6H,5H2/b6-3+. The number of nitriles is 1. The minimum absolute atomic E-state index is 0.220. The summed E-state index contributed by atoms with van der Waals surface area (Å²) in [5.74, 6) is 2.24. The maximum atomic E-state index is 7.90. The minimum Gasteiger partial charge on any atom is -0.488 e. The van der Waals surface area contributed by atoms with Crippen LogP contribution >= 0.6 is 0 Å². The van der Waals surface area contributed by atoms with Crippen molar-refractivity contribution in [2.45, 2.75) is 0 Å². The van der Waals surface area contributed by atoms with Crippen LogP contribution in [0.5, 0.6) is 0 Å². The molecule has 0 amide bonds. The van der Waals surface area contributed by atoms with Crippen molar-refractivity contribution in [2.75, 3.05) is 6.61 Å². The average Bonchev–Trinajstić information content (AvgIpc) is 1.81. The molecule has 0 aliphatic rings. The predicted molar refractivity (Wildman–Crippen MR) is 29.5 cm³/mol. The Hall–Kier alpha value is -1.41. The molecule has 0 heterocycles. The molecule has 2 nitrogen and oxygen atoms in total. The van der Waals surface area contributed by atoms with E-state index in [1.807, 2.05) is 0 Å². The lowest BCUT2D eigenvalue weighted by Gasteiger charge is -1.85. The molecular weight excluding hydrogens is 102 g/mol. The summed E-state index contributed by atoms with van der Waals surface area (Å²) in [6.45, 7) is 0.220. The molecule has 0 atom stereocenters. The summed E-state index contributed by atoms with van der Waals surface area (Å²) in [5.41, 5.74) is 0. The summed E-state index contributed by atoms with van der Waals surface area (Å²) >= 11 is 0. The highest BCUT2D eigenvalue weighted by Gasteiger charge is 1.67. The zero-order chi connectivity index (χ0) is 6.24. The van der Waals surface area contributed by atoms with Gasteiger partial charge in [-0.15, -0.1) is 6.42 Å². The Morgan fingerprint density at radius 1 is 1.75 bits per heavy atom. The fourth-order valence-corrected chi connectivity index (χ4v) is 0.175. The lowest BCUT2D eigenvalue weighted by molar-refractivity contribution is 0.296. The molecule has 2 heteroatoms. The van der Waals surface area contributed by atoms with Gasteiger partial charge in [0.05, 0.1) is 18.4 Å². The van der Waals surface area contributed by atoms with E-state index in [1.54, 1.807) is 6.07 Å². The molecule has 0 aromatic rings. The van der Waals surface area contributed by atoms with Gasteiger partial charge >= 0.3 is 0 Å². The van der Waals surface area contributed by atoms with Crippen molar-refractivity contribution < 1.29 is 4.74 Å². The largest absolute Gasteiger partial charge is 0.488 e. The van der Waals surface area contributed by atoms with Gasteiger partial charge in [0, 0.05) is 0 Å². The van der Waals surface area contributed by atoms with Crippen molar-refractivity contribution in [3.05, 3.63) is 12.3 Å². The van der Waals surface area contributed by atoms with Crippen LogP contribution in [0.4, 0.5) is 0 Å². The fraction of sp³-hybridized carbons (Fsp3) is 0.167. The van der Waals surface area contributed by atoms with E-state index < -0.39 is 0 Å². The monoisotopic (exact) mass is 107 g/mol. The molecule has 40 valence electrons. The minimum atomic E-state index is 0.220. The molecule has 0 bridgehead atoms. The molecule has 0 aromatic heterocycles. The van der Waals surface area contributed by atoms with Gasteiger partial charge in [0.15, 0.2) is 0 Å². The molecule has 0 aliphatic heterocycles. The van der Waals surface area contributed by atoms with Crippen LogP contribution in [0.25, 0.3) is 0 Å². The van der Waals surface area contributed by atoms with E-state index in [0.29, 0.717) is 0 Å². The van der Waals surface area contributed by atoms with Crippen LogP contribution in [-0.2, 0) is 4.74 Å². The van der Waals surface area contributed by atoms with E-state index in [9.17, 15) is 0 Å². The van der Waals surface area contributed by atoms with E-state index in [0.717, 1.165) is 0 Å². The molecule has 0 saturated heterocycles. The first-order valence-corrected chi connectivity index (χ1v) is 2.01. The Morgan fingerprint density at radius 2 is 2.50 bits per heavy atom. The number of hydrogen-bond donors (Lipinski definition) is 0. The van der Waals surface area contributed by atoms with Crippen LogP contribution < -0.4 is 0 Å². The van der Waals surface area contributed by atoms with Crippen molar-refractivity contribution in [3.8, 4) is 18.4 Å². The molecule has 0 radical (unpaired) electrons. The highest BCUT2D eigenvalue weighted by molar-refractivity contribution is 4.98. The number of allylic oxidation sites excluding steroid dienone is 1. The Morgan fingerprint density at radius 3 is 3.00 bits per heavy atom. The maximum Gasteiger partial charge on any atom is 0.147 e. The second kappa shape index (κ2) is 5.59. The third-order valence-corrected chi connectivity index (χ3v) is 0.405. The second-order valence-corrected chi connectivity index (χ2v) is 0.947. The zero-order valence-corrected chi connectivity index (χ0v) is 4.29. The van der Waals surface area contributed by atoms with Gasteiger partial charge in [-0.2, -0.15) is 5.26 Å². The molecule has 0 aromatic carbocycles. The second-order valence-electron chi connectivity index (χ2n) is 0.947. The van der Waals surface area contributed by atoms with Gasteiger partial charge in [-0.05, 0) is 0 Å². The number of hydrogen-bond acceptors (Lipinski definition) is 2. The van der Waals surface area contributed by atoms with E-state index >= 15 is 0 Å². The molecule has 0 rings (SSSR count). The smallest absolute Gasteiger partial charge is 0.147 e. The molecule has 0 spiro atoms. The zero-order valence-electron chi connectivity index (χ0n) is 4.29. The maximum absolute atomic E-state index is 7.90. The molecule has 8 heavy (non-hydrogen) atoms. The number of ether oxygens (including phenoxy) is 1. The lowest BCUT2D eigenvalue weighted by Crippen LogP contribution is -1.77.